The Hall–Kier alpha value is -0.220. The number of hydrogen-bond acceptors (Lipinski definition) is 3. The van der Waals surface area contributed by atoms with E-state index in [9.17, 15) is 4.79 Å². The summed E-state index contributed by atoms with van der Waals surface area (Å²) in [5.74, 6) is 1.34. The van der Waals surface area contributed by atoms with Crippen LogP contribution in [0.5, 0.6) is 0 Å². The van der Waals surface area contributed by atoms with E-state index in [1.54, 1.807) is 0 Å². The first-order valence-electron chi connectivity index (χ1n) is 7.74. The maximum atomic E-state index is 12.0. The highest BCUT2D eigenvalue weighted by atomic mass is 32.2. The second-order valence-corrected chi connectivity index (χ2v) is 7.25. The van der Waals surface area contributed by atoms with Gasteiger partial charge in [0.05, 0.1) is 6.04 Å². The van der Waals surface area contributed by atoms with Crippen molar-refractivity contribution in [1.82, 2.24) is 10.6 Å². The molecule has 0 saturated heterocycles. The fourth-order valence-electron chi connectivity index (χ4n) is 2.78. The van der Waals surface area contributed by atoms with Crippen LogP contribution in [0.25, 0.3) is 0 Å². The van der Waals surface area contributed by atoms with Crippen LogP contribution in [-0.2, 0) is 4.79 Å². The van der Waals surface area contributed by atoms with Gasteiger partial charge in [0, 0.05) is 17.3 Å². The second kappa shape index (κ2) is 8.85. The van der Waals surface area contributed by atoms with Gasteiger partial charge in [-0.25, -0.2) is 0 Å². The molecule has 0 bridgehead atoms. The molecule has 1 saturated carbocycles. The predicted molar refractivity (Wildman–Crippen MR) is 84.7 cm³/mol. The Morgan fingerprint density at radius 3 is 2.68 bits per heavy atom. The number of carbonyl (C=O) groups excluding carboxylic acids is 1. The first kappa shape index (κ1) is 16.8. The van der Waals surface area contributed by atoms with Crippen molar-refractivity contribution in [3.05, 3.63) is 0 Å². The van der Waals surface area contributed by atoms with Gasteiger partial charge in [-0.05, 0) is 45.3 Å². The summed E-state index contributed by atoms with van der Waals surface area (Å²) in [6, 6.07) is 0.731. The summed E-state index contributed by atoms with van der Waals surface area (Å²) in [5, 5.41) is 7.36. The zero-order chi connectivity index (χ0) is 14.3. The molecule has 4 unspecified atom stereocenters. The molecule has 0 radical (unpaired) electrons. The maximum absolute atomic E-state index is 12.0. The third kappa shape index (κ3) is 6.17. The Labute approximate surface area is 122 Å². The van der Waals surface area contributed by atoms with E-state index in [1.165, 1.54) is 25.0 Å². The van der Waals surface area contributed by atoms with E-state index in [4.69, 9.17) is 0 Å². The average Bonchev–Trinajstić information content (AvgIpc) is 2.77. The minimum Gasteiger partial charge on any atom is -0.352 e. The normalized spacial score (nSPS) is 26.1. The van der Waals surface area contributed by atoms with E-state index < -0.39 is 0 Å². The van der Waals surface area contributed by atoms with Gasteiger partial charge < -0.3 is 10.6 Å². The second-order valence-electron chi connectivity index (χ2n) is 5.67. The van der Waals surface area contributed by atoms with E-state index in [-0.39, 0.29) is 18.0 Å². The summed E-state index contributed by atoms with van der Waals surface area (Å²) in [4.78, 5) is 12.0. The Balaban J connectivity index is 2.26. The molecule has 0 aromatic carbocycles. The molecule has 0 aromatic heterocycles. The number of thioether (sulfide) groups is 1. The largest absolute Gasteiger partial charge is 0.352 e. The molecule has 0 spiro atoms. The molecular formula is C15H30N2OS. The van der Waals surface area contributed by atoms with Crippen LogP contribution in [0.4, 0.5) is 0 Å². The van der Waals surface area contributed by atoms with Gasteiger partial charge in [-0.1, -0.05) is 20.3 Å². The molecule has 1 amide bonds. The summed E-state index contributed by atoms with van der Waals surface area (Å²) in [6.45, 7) is 8.43. The Morgan fingerprint density at radius 2 is 2.05 bits per heavy atom. The van der Waals surface area contributed by atoms with Crippen LogP contribution in [-0.4, -0.2) is 35.0 Å². The number of rotatable bonds is 8. The Kier molecular flexibility index (Phi) is 7.84. The van der Waals surface area contributed by atoms with E-state index in [2.05, 4.69) is 43.2 Å². The summed E-state index contributed by atoms with van der Waals surface area (Å²) in [5.41, 5.74) is 0. The number of nitrogens with one attached hydrogen (secondary N) is 2. The van der Waals surface area contributed by atoms with Gasteiger partial charge in [-0.15, -0.1) is 0 Å². The third-order valence-electron chi connectivity index (χ3n) is 3.78. The minimum atomic E-state index is -0.0744. The summed E-state index contributed by atoms with van der Waals surface area (Å²) >= 11 is 2.05. The summed E-state index contributed by atoms with van der Waals surface area (Å²) < 4.78 is 0. The smallest absolute Gasteiger partial charge is 0.237 e. The lowest BCUT2D eigenvalue weighted by atomic mass is 10.1. The standard InChI is InChI=1S/C15H30N2OS/c1-5-7-11(3)16-15(18)12(4)17-13-8-9-14(10-13)19-6-2/h11-14,17H,5-10H2,1-4H3,(H,16,18). The Bertz CT molecular complexity index is 273. The zero-order valence-corrected chi connectivity index (χ0v) is 13.7. The van der Waals surface area contributed by atoms with Crippen LogP contribution < -0.4 is 10.6 Å². The summed E-state index contributed by atoms with van der Waals surface area (Å²) in [6.07, 6.45) is 5.87. The van der Waals surface area contributed by atoms with Gasteiger partial charge in [-0.3, -0.25) is 4.79 Å². The van der Waals surface area contributed by atoms with Crippen molar-refractivity contribution in [3.63, 3.8) is 0 Å². The number of hydrogen-bond donors (Lipinski definition) is 2. The first-order valence-corrected chi connectivity index (χ1v) is 8.79. The first-order chi connectivity index (χ1) is 9.06. The molecule has 3 nitrogen and oxygen atoms in total. The molecule has 0 aliphatic heterocycles. The van der Waals surface area contributed by atoms with E-state index in [1.807, 2.05) is 6.92 Å². The predicted octanol–water partition coefficient (Wildman–Crippen LogP) is 2.94. The monoisotopic (exact) mass is 286 g/mol. The van der Waals surface area contributed by atoms with E-state index in [0.29, 0.717) is 6.04 Å². The van der Waals surface area contributed by atoms with Crippen LogP contribution in [0.3, 0.4) is 0 Å². The van der Waals surface area contributed by atoms with Crippen molar-refractivity contribution in [2.45, 2.75) is 83.2 Å². The third-order valence-corrected chi connectivity index (χ3v) is 5.01. The number of amides is 1. The summed E-state index contributed by atoms with van der Waals surface area (Å²) in [7, 11) is 0. The van der Waals surface area contributed by atoms with Crippen molar-refractivity contribution in [2.24, 2.45) is 0 Å². The lowest BCUT2D eigenvalue weighted by Gasteiger charge is -2.21. The van der Waals surface area contributed by atoms with Crippen LogP contribution in [0, 0.1) is 0 Å². The van der Waals surface area contributed by atoms with Gasteiger partial charge in [0.1, 0.15) is 0 Å². The van der Waals surface area contributed by atoms with E-state index >= 15 is 0 Å². The number of carbonyl (C=O) groups is 1. The molecule has 1 fully saturated rings. The lowest BCUT2D eigenvalue weighted by molar-refractivity contribution is -0.123. The molecule has 19 heavy (non-hydrogen) atoms. The van der Waals surface area contributed by atoms with Crippen LogP contribution >= 0.6 is 11.8 Å². The van der Waals surface area contributed by atoms with Crippen molar-refractivity contribution >= 4 is 17.7 Å². The van der Waals surface area contributed by atoms with Crippen molar-refractivity contribution in [1.29, 1.82) is 0 Å². The molecule has 112 valence electrons. The Morgan fingerprint density at radius 1 is 1.32 bits per heavy atom. The molecule has 4 atom stereocenters. The average molecular weight is 286 g/mol. The van der Waals surface area contributed by atoms with Gasteiger partial charge in [-0.2, -0.15) is 11.8 Å². The highest BCUT2D eigenvalue weighted by Crippen LogP contribution is 2.29. The highest BCUT2D eigenvalue weighted by Gasteiger charge is 2.27. The van der Waals surface area contributed by atoms with Crippen LogP contribution in [0.2, 0.25) is 0 Å². The molecule has 1 rings (SSSR count). The van der Waals surface area contributed by atoms with Gasteiger partial charge in [0.2, 0.25) is 5.91 Å². The lowest BCUT2D eigenvalue weighted by Crippen LogP contribution is -2.48. The fourth-order valence-corrected chi connectivity index (χ4v) is 3.92. The molecule has 4 heteroatoms. The minimum absolute atomic E-state index is 0.0744. The van der Waals surface area contributed by atoms with Crippen LogP contribution in [0.1, 0.15) is 59.8 Å². The van der Waals surface area contributed by atoms with Crippen LogP contribution in [0.15, 0.2) is 0 Å². The SMILES string of the molecule is CCCC(C)NC(=O)C(C)NC1CCC(SCC)C1. The maximum Gasteiger partial charge on any atom is 0.237 e. The van der Waals surface area contributed by atoms with Gasteiger partial charge >= 0.3 is 0 Å². The highest BCUT2D eigenvalue weighted by molar-refractivity contribution is 7.99. The molecule has 0 heterocycles. The van der Waals surface area contributed by atoms with Gasteiger partial charge in [0.15, 0.2) is 0 Å². The van der Waals surface area contributed by atoms with E-state index in [0.717, 1.165) is 18.1 Å². The molecule has 2 N–H and O–H groups in total. The van der Waals surface area contributed by atoms with Crippen molar-refractivity contribution in [3.8, 4) is 0 Å². The van der Waals surface area contributed by atoms with Crippen molar-refractivity contribution in [2.75, 3.05) is 5.75 Å². The molecule has 0 aromatic rings. The molecule has 1 aliphatic rings. The molecular weight excluding hydrogens is 256 g/mol. The van der Waals surface area contributed by atoms with Gasteiger partial charge in [0.25, 0.3) is 0 Å². The zero-order valence-electron chi connectivity index (χ0n) is 12.9. The molecule has 1 aliphatic carbocycles. The quantitative estimate of drug-likeness (QED) is 0.721. The van der Waals surface area contributed by atoms with Crippen molar-refractivity contribution < 1.29 is 4.79 Å². The topological polar surface area (TPSA) is 41.1 Å². The fraction of sp³-hybridized carbons (Fsp3) is 0.933.